The van der Waals surface area contributed by atoms with Crippen LogP contribution in [0.3, 0.4) is 0 Å². The number of nitrogens with one attached hydrogen (secondary N) is 1. The molecule has 1 unspecified atom stereocenters. The zero-order valence-corrected chi connectivity index (χ0v) is 11.7. The third kappa shape index (κ3) is 1.89. The van der Waals surface area contributed by atoms with Gasteiger partial charge in [0.05, 0.1) is 15.6 Å². The van der Waals surface area contributed by atoms with Crippen molar-refractivity contribution in [1.82, 2.24) is 19.5 Å². The summed E-state index contributed by atoms with van der Waals surface area (Å²) in [6, 6.07) is 0. The number of rotatable bonds is 2. The van der Waals surface area contributed by atoms with Crippen LogP contribution in [0.25, 0.3) is 11.2 Å². The minimum atomic E-state index is -2.91. The number of alkyl halides is 1. The standard InChI is InChI=1S/C12H12ClN5O4/c1-2-12(13)7(20)5(3-19)22-10(12)18-4-15-6-8(18)16-11(14)17-9(6)21/h1,4-5,7,10,19-20H,3H2,(H3,14,16,17,21)/t5-,7+,10-,12?/m1/s1/i3D2. The topological polar surface area (TPSA) is 139 Å². The Morgan fingerprint density at radius 1 is 1.77 bits per heavy atom. The molecule has 22 heavy (non-hydrogen) atoms. The van der Waals surface area contributed by atoms with Crippen LogP contribution in [0.15, 0.2) is 11.1 Å². The summed E-state index contributed by atoms with van der Waals surface area (Å²) in [6.07, 6.45) is 1.71. The number of hydrogen-bond donors (Lipinski definition) is 4. The molecule has 0 saturated carbocycles. The van der Waals surface area contributed by atoms with E-state index in [0.717, 1.165) is 10.9 Å². The van der Waals surface area contributed by atoms with Crippen molar-refractivity contribution in [3.63, 3.8) is 0 Å². The number of nitrogen functional groups attached to an aromatic ring is 1. The summed E-state index contributed by atoms with van der Waals surface area (Å²) in [5.74, 6) is 1.95. The van der Waals surface area contributed by atoms with Gasteiger partial charge in [-0.1, -0.05) is 17.5 Å². The van der Waals surface area contributed by atoms with Gasteiger partial charge in [0.25, 0.3) is 5.56 Å². The summed E-state index contributed by atoms with van der Waals surface area (Å²) in [4.78, 5) is 20.0. The van der Waals surface area contributed by atoms with Crippen LogP contribution in [-0.2, 0) is 4.74 Å². The van der Waals surface area contributed by atoms with Gasteiger partial charge in [-0.05, 0) is 0 Å². The lowest BCUT2D eigenvalue weighted by atomic mass is 9.99. The lowest BCUT2D eigenvalue weighted by Gasteiger charge is -2.25. The predicted molar refractivity (Wildman–Crippen MR) is 77.0 cm³/mol. The van der Waals surface area contributed by atoms with Crippen molar-refractivity contribution in [2.24, 2.45) is 0 Å². The molecule has 1 saturated heterocycles. The Kier molecular flexibility index (Phi) is 2.80. The van der Waals surface area contributed by atoms with E-state index in [0.29, 0.717) is 0 Å². The van der Waals surface area contributed by atoms with Gasteiger partial charge in [-0.15, -0.1) is 6.42 Å². The maximum Gasteiger partial charge on any atom is 0.280 e. The number of nitrogens with two attached hydrogens (primary N) is 1. The van der Waals surface area contributed by atoms with Gasteiger partial charge in [0.2, 0.25) is 5.95 Å². The number of aliphatic hydroxyl groups excluding tert-OH is 1. The van der Waals surface area contributed by atoms with Crippen molar-refractivity contribution >= 4 is 28.7 Å². The largest absolute Gasteiger partial charge is 0.394 e. The molecule has 1 aliphatic heterocycles. The van der Waals surface area contributed by atoms with E-state index < -0.39 is 35.4 Å². The van der Waals surface area contributed by atoms with Crippen molar-refractivity contribution in [3.05, 3.63) is 16.7 Å². The molecule has 0 radical (unpaired) electrons. The van der Waals surface area contributed by atoms with Crippen molar-refractivity contribution in [3.8, 4) is 12.3 Å². The van der Waals surface area contributed by atoms with E-state index in [1.165, 1.54) is 0 Å². The highest BCUT2D eigenvalue weighted by molar-refractivity contribution is 6.27. The maximum absolute atomic E-state index is 11.8. The highest BCUT2D eigenvalue weighted by Crippen LogP contribution is 2.43. The minimum Gasteiger partial charge on any atom is -0.394 e. The molecule has 1 fully saturated rings. The molecular formula is C12H12ClN5O4. The molecule has 0 aromatic carbocycles. The van der Waals surface area contributed by atoms with Crippen molar-refractivity contribution in [1.29, 1.82) is 0 Å². The van der Waals surface area contributed by atoms with Gasteiger partial charge < -0.3 is 20.7 Å². The molecule has 0 amide bonds. The van der Waals surface area contributed by atoms with Gasteiger partial charge in [0.15, 0.2) is 22.3 Å². The molecule has 5 N–H and O–H groups in total. The van der Waals surface area contributed by atoms with E-state index in [2.05, 4.69) is 20.9 Å². The molecule has 0 bridgehead atoms. The molecule has 0 spiro atoms. The van der Waals surface area contributed by atoms with Gasteiger partial charge in [-0.25, -0.2) is 4.98 Å². The van der Waals surface area contributed by atoms with Crippen LogP contribution in [0.2, 0.25) is 0 Å². The van der Waals surface area contributed by atoms with Crippen LogP contribution in [0, 0.1) is 12.3 Å². The molecule has 2 aromatic rings. The Labute approximate surface area is 131 Å². The van der Waals surface area contributed by atoms with Crippen LogP contribution in [0.5, 0.6) is 0 Å². The number of H-pyrrole nitrogens is 1. The van der Waals surface area contributed by atoms with Gasteiger partial charge in [0, 0.05) is 0 Å². The summed E-state index contributed by atoms with van der Waals surface area (Å²) in [7, 11) is 0. The normalized spacial score (nSPS) is 33.5. The Bertz CT molecular complexity index is 903. The highest BCUT2D eigenvalue weighted by atomic mass is 35.5. The third-order valence-electron chi connectivity index (χ3n) is 3.40. The summed E-state index contributed by atoms with van der Waals surface area (Å²) in [6.45, 7) is -2.91. The third-order valence-corrected chi connectivity index (χ3v) is 3.92. The lowest BCUT2D eigenvalue weighted by molar-refractivity contribution is -0.0436. The Balaban J connectivity index is 2.19. The summed E-state index contributed by atoms with van der Waals surface area (Å²) in [5, 5.41) is 19.8. The molecule has 2 aromatic heterocycles. The Hall–Kier alpha value is -2.12. The Morgan fingerprint density at radius 3 is 3.14 bits per heavy atom. The van der Waals surface area contributed by atoms with Gasteiger partial charge >= 0.3 is 0 Å². The molecule has 4 atom stereocenters. The number of anilines is 1. The SMILES string of the molecule is [2H]C([2H])(O)[C@H]1O[C@@H](n2cnc3c(=O)[nH]c(N)nc32)C(Cl)(C#C)[C@H]1O. The molecule has 3 rings (SSSR count). The van der Waals surface area contributed by atoms with E-state index in [9.17, 15) is 15.0 Å². The number of ether oxygens (including phenoxy) is 1. The van der Waals surface area contributed by atoms with Crippen LogP contribution in [0.1, 0.15) is 8.97 Å². The van der Waals surface area contributed by atoms with E-state index >= 15 is 0 Å². The summed E-state index contributed by atoms with van der Waals surface area (Å²) < 4.78 is 21.2. The van der Waals surface area contributed by atoms with E-state index in [1.807, 2.05) is 0 Å². The van der Waals surface area contributed by atoms with Crippen molar-refractivity contribution in [2.75, 3.05) is 12.3 Å². The summed E-state index contributed by atoms with van der Waals surface area (Å²) in [5.41, 5.74) is 4.80. The monoisotopic (exact) mass is 327 g/mol. The van der Waals surface area contributed by atoms with E-state index in [4.69, 9.17) is 31.2 Å². The predicted octanol–water partition coefficient (Wildman–Crippen LogP) is -1.44. The summed E-state index contributed by atoms with van der Waals surface area (Å²) >= 11 is 6.26. The maximum atomic E-state index is 11.8. The molecule has 0 aliphatic carbocycles. The van der Waals surface area contributed by atoms with Gasteiger partial charge in [-0.2, -0.15) is 4.98 Å². The number of aromatic amines is 1. The minimum absolute atomic E-state index is 0.0205. The first-order chi connectivity index (χ1) is 11.1. The van der Waals surface area contributed by atoms with E-state index in [-0.39, 0.29) is 17.1 Å². The number of aliphatic hydroxyl groups is 2. The smallest absolute Gasteiger partial charge is 0.280 e. The second-order valence-corrected chi connectivity index (χ2v) is 5.30. The number of aromatic nitrogens is 4. The van der Waals surface area contributed by atoms with Crippen LogP contribution >= 0.6 is 11.6 Å². The fourth-order valence-electron chi connectivity index (χ4n) is 2.32. The molecule has 1 aliphatic rings. The van der Waals surface area contributed by atoms with Gasteiger partial charge in [0.1, 0.15) is 12.2 Å². The number of terminal acetylenes is 1. The lowest BCUT2D eigenvalue weighted by Crippen LogP contribution is -2.41. The van der Waals surface area contributed by atoms with Crippen LogP contribution < -0.4 is 11.3 Å². The number of fused-ring (bicyclic) bond motifs is 1. The average Bonchev–Trinajstić information content (AvgIpc) is 2.99. The van der Waals surface area contributed by atoms with Crippen LogP contribution in [-0.4, -0.2) is 53.4 Å². The fourth-order valence-corrected chi connectivity index (χ4v) is 2.59. The first-order valence-electron chi connectivity index (χ1n) is 7.04. The van der Waals surface area contributed by atoms with Gasteiger partial charge in [-0.3, -0.25) is 14.3 Å². The number of nitrogens with zero attached hydrogens (tertiary/aromatic N) is 3. The molecule has 9 nitrogen and oxygen atoms in total. The Morgan fingerprint density at radius 2 is 2.50 bits per heavy atom. The average molecular weight is 328 g/mol. The van der Waals surface area contributed by atoms with Crippen LogP contribution in [0.4, 0.5) is 5.95 Å². The second-order valence-electron chi connectivity index (χ2n) is 4.67. The molecule has 3 heterocycles. The zero-order valence-electron chi connectivity index (χ0n) is 12.9. The molecule has 116 valence electrons. The highest BCUT2D eigenvalue weighted by Gasteiger charge is 2.55. The number of imidazole rings is 1. The number of halogens is 1. The second kappa shape index (κ2) is 4.96. The first-order valence-corrected chi connectivity index (χ1v) is 6.42. The number of hydrogen-bond acceptors (Lipinski definition) is 7. The van der Waals surface area contributed by atoms with E-state index in [1.54, 1.807) is 0 Å². The molecule has 10 heteroatoms. The fraction of sp³-hybridized carbons (Fsp3) is 0.417. The zero-order chi connectivity index (χ0) is 17.9. The van der Waals surface area contributed by atoms with Crippen molar-refractivity contribution < 1.29 is 17.7 Å². The first kappa shape index (κ1) is 12.4. The molecular weight excluding hydrogens is 314 g/mol. The van der Waals surface area contributed by atoms with Crippen molar-refractivity contribution in [2.45, 2.75) is 23.3 Å². The quantitative estimate of drug-likeness (QED) is 0.391.